The summed E-state index contributed by atoms with van der Waals surface area (Å²) in [4.78, 5) is 13.5. The first kappa shape index (κ1) is 90.5. The number of allylic oxidation sites excluding steroid dienone is 3. The molecule has 0 aromatic rings. The van der Waals surface area contributed by atoms with Crippen LogP contribution in [0.5, 0.6) is 0 Å². The van der Waals surface area contributed by atoms with Crippen LogP contribution in [0.1, 0.15) is 341 Å². The van der Waals surface area contributed by atoms with Crippen LogP contribution in [0.4, 0.5) is 0 Å². The molecule has 0 spiro atoms. The molecule has 0 saturated carbocycles. The van der Waals surface area contributed by atoms with Crippen LogP contribution in [0.2, 0.25) is 0 Å². The first-order chi connectivity index (χ1) is 47.8. The number of carbonyl (C=O) groups is 1. The number of hydrogen-bond donors (Lipinski definition) is 12. The van der Waals surface area contributed by atoms with Gasteiger partial charge >= 0.3 is 0 Å². The summed E-state index contributed by atoms with van der Waals surface area (Å²) < 4.78 is 34.4. The molecule has 0 aromatic carbocycles. The van der Waals surface area contributed by atoms with Gasteiger partial charge in [-0.2, -0.15) is 0 Å². The van der Waals surface area contributed by atoms with Crippen LogP contribution >= 0.6 is 0 Å². The molecule has 19 heteroatoms. The number of aliphatic hydroxyl groups is 11. The molecule has 578 valence electrons. The smallest absolute Gasteiger partial charge is 0.220 e. The van der Waals surface area contributed by atoms with Gasteiger partial charge in [-0.15, -0.1) is 0 Å². The monoisotopic (exact) mass is 1400 g/mol. The summed E-state index contributed by atoms with van der Waals surface area (Å²) in [6.07, 6.45) is 46.1. The van der Waals surface area contributed by atoms with Crippen LogP contribution < -0.4 is 5.32 Å². The third-order valence-corrected chi connectivity index (χ3v) is 20.5. The Morgan fingerprint density at radius 3 is 1.02 bits per heavy atom. The number of rotatable bonds is 65. The van der Waals surface area contributed by atoms with Gasteiger partial charge in [-0.3, -0.25) is 4.79 Å². The van der Waals surface area contributed by atoms with Gasteiger partial charge in [0.1, 0.15) is 73.2 Å². The van der Waals surface area contributed by atoms with Gasteiger partial charge in [-0.25, -0.2) is 0 Å². The molecule has 0 radical (unpaired) electrons. The molecule has 3 aliphatic heterocycles. The minimum absolute atomic E-state index is 0.241. The van der Waals surface area contributed by atoms with E-state index in [4.69, 9.17) is 28.4 Å². The summed E-state index contributed by atoms with van der Waals surface area (Å²) in [6, 6.07) is -0.988. The van der Waals surface area contributed by atoms with Crippen molar-refractivity contribution in [1.29, 1.82) is 0 Å². The Balaban J connectivity index is 1.35. The zero-order chi connectivity index (χ0) is 71.1. The lowest BCUT2D eigenvalue weighted by Crippen LogP contribution is -2.66. The summed E-state index contributed by atoms with van der Waals surface area (Å²) in [7, 11) is 0. The number of ether oxygens (including phenoxy) is 6. The standard InChI is InChI=1S/C79H149NO18/c1-3-5-7-9-11-13-15-17-19-21-23-25-26-27-28-29-30-31-32-33-34-35-36-37-39-41-43-45-47-49-51-53-55-57-67(85)80-62(63(84)56-54-52-50-48-46-44-42-40-38-24-22-20-18-16-14-12-10-8-6-4-2)61-93-77-73(91)70(88)75(65(59-82)95-77)98-79-74(92)71(89)76(66(60-83)96-79)97-78-72(90)69(87)68(86)64(58-81)94-78/h46,48,54,56,62-66,68-79,81-84,86-92H,3-45,47,49-53,55,57-61H2,1-2H3,(H,80,85)/b48-46+,56-54+. The maximum atomic E-state index is 13.5. The third kappa shape index (κ3) is 40.5. The van der Waals surface area contributed by atoms with Crippen LogP contribution in [0.3, 0.4) is 0 Å². The second-order valence-corrected chi connectivity index (χ2v) is 29.2. The molecule has 3 aliphatic rings. The number of hydrogen-bond acceptors (Lipinski definition) is 18. The zero-order valence-electron chi connectivity index (χ0n) is 61.8. The highest BCUT2D eigenvalue weighted by atomic mass is 16.8. The van der Waals surface area contributed by atoms with E-state index < -0.39 is 124 Å². The van der Waals surface area contributed by atoms with Gasteiger partial charge in [0.05, 0.1) is 38.6 Å². The van der Waals surface area contributed by atoms with Gasteiger partial charge < -0.3 is 89.9 Å². The summed E-state index contributed by atoms with van der Waals surface area (Å²) in [5, 5.41) is 121. The Hall–Kier alpha value is -1.73. The summed E-state index contributed by atoms with van der Waals surface area (Å²) in [6.45, 7) is 1.77. The Morgan fingerprint density at radius 2 is 0.653 bits per heavy atom. The van der Waals surface area contributed by atoms with Crippen LogP contribution in [-0.4, -0.2) is 193 Å². The molecular formula is C79H149NO18. The van der Waals surface area contributed by atoms with E-state index in [1.54, 1.807) is 6.08 Å². The first-order valence-corrected chi connectivity index (χ1v) is 40.6. The van der Waals surface area contributed by atoms with Gasteiger partial charge in [0.2, 0.25) is 5.91 Å². The molecule has 17 atom stereocenters. The van der Waals surface area contributed by atoms with E-state index in [9.17, 15) is 61.0 Å². The lowest BCUT2D eigenvalue weighted by atomic mass is 9.96. The van der Waals surface area contributed by atoms with Gasteiger partial charge in [0.25, 0.3) is 0 Å². The molecule has 0 bridgehead atoms. The minimum Gasteiger partial charge on any atom is -0.394 e. The van der Waals surface area contributed by atoms with E-state index in [1.165, 1.54) is 270 Å². The van der Waals surface area contributed by atoms with Crippen LogP contribution in [0.15, 0.2) is 24.3 Å². The molecule has 98 heavy (non-hydrogen) atoms. The molecule has 3 saturated heterocycles. The zero-order valence-corrected chi connectivity index (χ0v) is 61.8. The van der Waals surface area contributed by atoms with Crippen molar-refractivity contribution in [2.45, 2.75) is 446 Å². The normalized spacial score (nSPS) is 26.8. The number of amides is 1. The Morgan fingerprint density at radius 1 is 0.357 bits per heavy atom. The van der Waals surface area contributed by atoms with E-state index >= 15 is 0 Å². The highest BCUT2D eigenvalue weighted by Crippen LogP contribution is 2.33. The third-order valence-electron chi connectivity index (χ3n) is 20.5. The van der Waals surface area contributed by atoms with E-state index in [2.05, 4.69) is 31.3 Å². The van der Waals surface area contributed by atoms with E-state index in [0.717, 1.165) is 38.5 Å². The Bertz CT molecular complexity index is 1870. The second kappa shape index (κ2) is 60.5. The van der Waals surface area contributed by atoms with Gasteiger partial charge in [0.15, 0.2) is 18.9 Å². The Labute approximate surface area is 594 Å². The second-order valence-electron chi connectivity index (χ2n) is 29.2. The largest absolute Gasteiger partial charge is 0.394 e. The molecule has 0 aromatic heterocycles. The lowest BCUT2D eigenvalue weighted by Gasteiger charge is -2.48. The summed E-state index contributed by atoms with van der Waals surface area (Å²) >= 11 is 0. The average Bonchev–Trinajstić information content (AvgIpc) is 0.785. The van der Waals surface area contributed by atoms with Gasteiger partial charge in [-0.05, 0) is 32.1 Å². The number of nitrogens with one attached hydrogen (secondary N) is 1. The molecule has 12 N–H and O–H groups in total. The Kier molecular flexibility index (Phi) is 55.9. The van der Waals surface area contributed by atoms with Crippen LogP contribution in [-0.2, 0) is 33.2 Å². The quantitative estimate of drug-likeness (QED) is 0.0199. The summed E-state index contributed by atoms with van der Waals surface area (Å²) in [5.74, 6) is -0.277. The molecule has 0 aliphatic carbocycles. The predicted octanol–water partition coefficient (Wildman–Crippen LogP) is 13.3. The molecule has 3 heterocycles. The predicted molar refractivity (Wildman–Crippen MR) is 388 cm³/mol. The first-order valence-electron chi connectivity index (χ1n) is 40.6. The number of aliphatic hydroxyl groups excluding tert-OH is 11. The van der Waals surface area contributed by atoms with Gasteiger partial charge in [-0.1, -0.05) is 327 Å². The van der Waals surface area contributed by atoms with Crippen molar-refractivity contribution in [1.82, 2.24) is 5.32 Å². The molecule has 17 unspecified atom stereocenters. The van der Waals surface area contributed by atoms with Crippen molar-refractivity contribution >= 4 is 5.91 Å². The van der Waals surface area contributed by atoms with Crippen molar-refractivity contribution < 1.29 is 89.4 Å². The molecule has 1 amide bonds. The lowest BCUT2D eigenvalue weighted by molar-refractivity contribution is -0.379. The molecular weight excluding hydrogens is 1250 g/mol. The van der Waals surface area contributed by atoms with Crippen molar-refractivity contribution in [3.8, 4) is 0 Å². The molecule has 19 nitrogen and oxygen atoms in total. The topological polar surface area (TPSA) is 307 Å². The van der Waals surface area contributed by atoms with Crippen molar-refractivity contribution in [2.75, 3.05) is 26.4 Å². The van der Waals surface area contributed by atoms with Crippen LogP contribution in [0, 0.1) is 0 Å². The van der Waals surface area contributed by atoms with Gasteiger partial charge in [0, 0.05) is 6.42 Å². The highest BCUT2D eigenvalue weighted by Gasteiger charge is 2.54. The van der Waals surface area contributed by atoms with E-state index in [0.29, 0.717) is 12.8 Å². The number of unbranched alkanes of at least 4 members (excludes halogenated alkanes) is 47. The van der Waals surface area contributed by atoms with Crippen molar-refractivity contribution in [3.63, 3.8) is 0 Å². The fourth-order valence-corrected chi connectivity index (χ4v) is 14.0. The fraction of sp³-hybridized carbons (Fsp3) is 0.937. The minimum atomic E-state index is -1.98. The maximum absolute atomic E-state index is 13.5. The number of carbonyl (C=O) groups excluding carboxylic acids is 1. The van der Waals surface area contributed by atoms with Crippen molar-refractivity contribution in [3.05, 3.63) is 24.3 Å². The summed E-state index contributed by atoms with van der Waals surface area (Å²) in [5.41, 5.74) is 0. The SMILES string of the molecule is CCCCCCCCCCCCCCCC/C=C/CC/C=C/C(O)C(COC1OC(CO)C(OC2OC(CO)C(OC3OC(CO)C(O)C(O)C3O)C(O)C2O)C(O)C1O)NC(=O)CCCCCCCCCCCCCCCCCCCCCCCCCCCCCCCCCCC. The molecule has 3 rings (SSSR count). The van der Waals surface area contributed by atoms with E-state index in [-0.39, 0.29) is 18.9 Å². The maximum Gasteiger partial charge on any atom is 0.220 e. The highest BCUT2D eigenvalue weighted by molar-refractivity contribution is 5.76. The average molecular weight is 1400 g/mol. The van der Waals surface area contributed by atoms with Crippen LogP contribution in [0.25, 0.3) is 0 Å². The van der Waals surface area contributed by atoms with Crippen molar-refractivity contribution in [2.24, 2.45) is 0 Å². The fourth-order valence-electron chi connectivity index (χ4n) is 14.0. The molecule has 3 fully saturated rings. The van der Waals surface area contributed by atoms with E-state index in [1.807, 2.05) is 6.08 Å².